The minimum absolute atomic E-state index is 0.405. The lowest BCUT2D eigenvalue weighted by Gasteiger charge is -2.40. The molecule has 2 N–H and O–H groups in total. The lowest BCUT2D eigenvalue weighted by molar-refractivity contribution is 0.135. The van der Waals surface area contributed by atoms with Crippen LogP contribution in [0.1, 0.15) is 42.0 Å². The van der Waals surface area contributed by atoms with Gasteiger partial charge in [0.05, 0.1) is 14.2 Å². The van der Waals surface area contributed by atoms with Gasteiger partial charge in [-0.1, -0.05) is 18.2 Å². The summed E-state index contributed by atoms with van der Waals surface area (Å²) < 4.78 is 11.3. The Balaban J connectivity index is 1.44. The Kier molecular flexibility index (Phi) is 6.37. The largest absolute Gasteiger partial charge is 0.493 e. The zero-order valence-corrected chi connectivity index (χ0v) is 19.3. The number of ether oxygens (including phenoxy) is 2. The molecule has 5 nitrogen and oxygen atoms in total. The Bertz CT molecular complexity index is 1050. The van der Waals surface area contributed by atoms with Crippen molar-refractivity contribution in [1.82, 2.24) is 15.2 Å². The summed E-state index contributed by atoms with van der Waals surface area (Å²) in [5.74, 6) is 2.47. The SMILES string of the molecule is COc1cc2c(cc1OC)C(CCc1c[nH]c3ccccc13)N(CC1CCNCC1)CC2. The topological polar surface area (TPSA) is 49.5 Å². The Labute approximate surface area is 191 Å². The maximum absolute atomic E-state index is 5.69. The fourth-order valence-corrected chi connectivity index (χ4v) is 5.66. The van der Waals surface area contributed by atoms with Gasteiger partial charge in [0.2, 0.25) is 0 Å². The molecule has 2 aromatic carbocycles. The van der Waals surface area contributed by atoms with Gasteiger partial charge in [0.15, 0.2) is 11.5 Å². The lowest BCUT2D eigenvalue weighted by atomic mass is 9.86. The van der Waals surface area contributed by atoms with Crippen LogP contribution in [0.25, 0.3) is 10.9 Å². The zero-order chi connectivity index (χ0) is 21.9. The molecule has 32 heavy (non-hydrogen) atoms. The summed E-state index contributed by atoms with van der Waals surface area (Å²) in [5, 5.41) is 4.86. The molecule has 1 atom stereocenters. The number of aromatic amines is 1. The number of hydrogen-bond acceptors (Lipinski definition) is 4. The van der Waals surface area contributed by atoms with Gasteiger partial charge >= 0.3 is 0 Å². The van der Waals surface area contributed by atoms with E-state index in [1.54, 1.807) is 14.2 Å². The van der Waals surface area contributed by atoms with Crippen LogP contribution in [0.15, 0.2) is 42.6 Å². The van der Waals surface area contributed by atoms with E-state index in [0.717, 1.165) is 56.3 Å². The van der Waals surface area contributed by atoms with E-state index >= 15 is 0 Å². The summed E-state index contributed by atoms with van der Waals surface area (Å²) in [4.78, 5) is 6.20. The van der Waals surface area contributed by atoms with E-state index in [9.17, 15) is 0 Å². The minimum Gasteiger partial charge on any atom is -0.493 e. The molecule has 2 aliphatic heterocycles. The van der Waals surface area contributed by atoms with Gasteiger partial charge in [-0.3, -0.25) is 4.90 Å². The van der Waals surface area contributed by atoms with Crippen molar-refractivity contribution in [3.63, 3.8) is 0 Å². The van der Waals surface area contributed by atoms with Gasteiger partial charge in [0.1, 0.15) is 0 Å². The van der Waals surface area contributed by atoms with E-state index in [4.69, 9.17) is 9.47 Å². The number of rotatable bonds is 7. The third kappa shape index (κ3) is 4.24. The number of nitrogens with zero attached hydrogens (tertiary/aromatic N) is 1. The van der Waals surface area contributed by atoms with E-state index in [1.165, 1.54) is 47.0 Å². The molecule has 1 fully saturated rings. The third-order valence-electron chi connectivity index (χ3n) is 7.43. The van der Waals surface area contributed by atoms with Gasteiger partial charge in [-0.15, -0.1) is 0 Å². The van der Waals surface area contributed by atoms with Gasteiger partial charge in [-0.25, -0.2) is 0 Å². The number of aryl methyl sites for hydroxylation is 1. The number of methoxy groups -OCH3 is 2. The predicted molar refractivity (Wildman–Crippen MR) is 130 cm³/mol. The van der Waals surface area contributed by atoms with Crippen molar-refractivity contribution in [2.24, 2.45) is 5.92 Å². The number of benzene rings is 2. The molecule has 0 aliphatic carbocycles. The van der Waals surface area contributed by atoms with Gasteiger partial charge in [0, 0.05) is 36.2 Å². The van der Waals surface area contributed by atoms with Crippen LogP contribution in [-0.4, -0.2) is 50.3 Å². The molecule has 0 amide bonds. The van der Waals surface area contributed by atoms with Crippen molar-refractivity contribution in [2.45, 2.75) is 38.1 Å². The number of nitrogens with one attached hydrogen (secondary N) is 2. The van der Waals surface area contributed by atoms with Crippen LogP contribution in [0.4, 0.5) is 0 Å². The molecule has 0 saturated carbocycles. The second kappa shape index (κ2) is 9.55. The standard InChI is InChI=1S/C27H35N3O2/c1-31-26-15-20-11-14-30(18-19-9-12-28-13-10-19)25(23(20)16-27(26)32-2)8-7-21-17-29-24-6-4-3-5-22(21)24/h3-6,15-17,19,25,28-29H,7-14,18H2,1-2H3. The average Bonchev–Trinajstić information content (AvgIpc) is 3.26. The van der Waals surface area contributed by atoms with Crippen molar-refractivity contribution in [1.29, 1.82) is 0 Å². The molecule has 5 rings (SSSR count). The van der Waals surface area contributed by atoms with Gasteiger partial charge in [-0.05, 0) is 86.0 Å². The maximum Gasteiger partial charge on any atom is 0.161 e. The van der Waals surface area contributed by atoms with E-state index in [1.807, 2.05) is 0 Å². The monoisotopic (exact) mass is 433 g/mol. The predicted octanol–water partition coefficient (Wildman–Crippen LogP) is 4.72. The van der Waals surface area contributed by atoms with Crippen LogP contribution in [-0.2, 0) is 12.8 Å². The molecule has 1 unspecified atom stereocenters. The fourth-order valence-electron chi connectivity index (χ4n) is 5.66. The second-order valence-corrected chi connectivity index (χ2v) is 9.26. The molecule has 1 aromatic heterocycles. The molecule has 5 heteroatoms. The van der Waals surface area contributed by atoms with Crippen molar-refractivity contribution >= 4 is 10.9 Å². The summed E-state index contributed by atoms with van der Waals surface area (Å²) >= 11 is 0. The molecule has 0 spiro atoms. The van der Waals surface area contributed by atoms with Crippen LogP contribution in [0.5, 0.6) is 11.5 Å². The first-order valence-electron chi connectivity index (χ1n) is 12.0. The molecule has 3 aromatic rings. The Morgan fingerprint density at radius 3 is 2.62 bits per heavy atom. The molecule has 0 radical (unpaired) electrons. The van der Waals surface area contributed by atoms with Gasteiger partial charge in [0.25, 0.3) is 0 Å². The Morgan fingerprint density at radius 2 is 1.81 bits per heavy atom. The van der Waals surface area contributed by atoms with Gasteiger partial charge < -0.3 is 19.8 Å². The first kappa shape index (κ1) is 21.4. The van der Waals surface area contributed by atoms with E-state index in [-0.39, 0.29) is 0 Å². The summed E-state index contributed by atoms with van der Waals surface area (Å²) in [6, 6.07) is 13.5. The normalized spacial score (nSPS) is 19.8. The van der Waals surface area contributed by atoms with Crippen molar-refractivity contribution < 1.29 is 9.47 Å². The summed E-state index contributed by atoms with van der Waals surface area (Å²) in [6.45, 7) is 4.61. The highest BCUT2D eigenvalue weighted by Crippen LogP contribution is 2.40. The van der Waals surface area contributed by atoms with Crippen LogP contribution in [0.3, 0.4) is 0 Å². The highest BCUT2D eigenvalue weighted by molar-refractivity contribution is 5.83. The fraction of sp³-hybridized carbons (Fsp3) is 0.481. The molecule has 0 bridgehead atoms. The maximum atomic E-state index is 5.69. The van der Waals surface area contributed by atoms with Crippen LogP contribution < -0.4 is 14.8 Å². The quantitative estimate of drug-likeness (QED) is 0.566. The number of piperidine rings is 1. The van der Waals surface area contributed by atoms with E-state index < -0.39 is 0 Å². The number of hydrogen-bond donors (Lipinski definition) is 2. The Morgan fingerprint density at radius 1 is 1.03 bits per heavy atom. The van der Waals surface area contributed by atoms with Crippen LogP contribution >= 0.6 is 0 Å². The third-order valence-corrected chi connectivity index (χ3v) is 7.43. The molecular formula is C27H35N3O2. The number of aromatic nitrogens is 1. The lowest BCUT2D eigenvalue weighted by Crippen LogP contribution is -2.41. The molecular weight excluding hydrogens is 398 g/mol. The number of fused-ring (bicyclic) bond motifs is 2. The number of H-pyrrole nitrogens is 1. The van der Waals surface area contributed by atoms with Crippen LogP contribution in [0, 0.1) is 5.92 Å². The summed E-state index contributed by atoms with van der Waals surface area (Å²) in [7, 11) is 3.46. The highest BCUT2D eigenvalue weighted by atomic mass is 16.5. The summed E-state index contributed by atoms with van der Waals surface area (Å²) in [5.41, 5.74) is 5.47. The first-order valence-corrected chi connectivity index (χ1v) is 12.0. The second-order valence-electron chi connectivity index (χ2n) is 9.26. The van der Waals surface area contributed by atoms with E-state index in [0.29, 0.717) is 6.04 Å². The highest BCUT2D eigenvalue weighted by Gasteiger charge is 2.31. The minimum atomic E-state index is 0.405. The average molecular weight is 434 g/mol. The molecule has 3 heterocycles. The zero-order valence-electron chi connectivity index (χ0n) is 19.3. The summed E-state index contributed by atoms with van der Waals surface area (Å²) in [6.07, 6.45) is 8.00. The smallest absolute Gasteiger partial charge is 0.161 e. The Hall–Kier alpha value is -2.50. The molecule has 2 aliphatic rings. The van der Waals surface area contributed by atoms with E-state index in [2.05, 4.69) is 57.8 Å². The molecule has 170 valence electrons. The van der Waals surface area contributed by atoms with Crippen LogP contribution in [0.2, 0.25) is 0 Å². The van der Waals surface area contributed by atoms with Gasteiger partial charge in [-0.2, -0.15) is 0 Å². The van der Waals surface area contributed by atoms with Crippen molar-refractivity contribution in [2.75, 3.05) is 40.4 Å². The first-order chi connectivity index (χ1) is 15.8. The molecule has 1 saturated heterocycles. The number of para-hydroxylation sites is 1. The van der Waals surface area contributed by atoms with Crippen molar-refractivity contribution in [3.05, 3.63) is 59.3 Å². The van der Waals surface area contributed by atoms with Crippen molar-refractivity contribution in [3.8, 4) is 11.5 Å².